The van der Waals surface area contributed by atoms with Gasteiger partial charge in [-0.25, -0.2) is 12.8 Å². The lowest BCUT2D eigenvalue weighted by molar-refractivity contribution is 0.492. The van der Waals surface area contributed by atoms with E-state index in [2.05, 4.69) is 33.9 Å². The molecule has 2 aromatic carbocycles. The molecule has 0 amide bonds. The average molecular weight is 381 g/mol. The summed E-state index contributed by atoms with van der Waals surface area (Å²) >= 11 is 0. The standard InChI is InChI=1S/C19H25FO3SSi/c1-19(2,3)25(5,6)23-18-13-16(24(4,21)22)11-12-17(18)14-7-9-15(20)10-8-14/h7-13H,1-6H3. The molecule has 2 aromatic rings. The molecule has 0 aliphatic carbocycles. The number of sulfone groups is 1. The number of benzene rings is 2. The highest BCUT2D eigenvalue weighted by molar-refractivity contribution is 7.90. The first-order valence-corrected chi connectivity index (χ1v) is 12.9. The van der Waals surface area contributed by atoms with Gasteiger partial charge in [0.05, 0.1) is 4.90 Å². The summed E-state index contributed by atoms with van der Waals surface area (Å²) in [6, 6.07) is 11.0. The number of hydrogen-bond acceptors (Lipinski definition) is 3. The molecule has 0 unspecified atom stereocenters. The molecule has 0 radical (unpaired) electrons. The topological polar surface area (TPSA) is 43.4 Å². The Morgan fingerprint density at radius 2 is 1.56 bits per heavy atom. The van der Waals surface area contributed by atoms with Crippen LogP contribution in [0.5, 0.6) is 5.75 Å². The lowest BCUT2D eigenvalue weighted by atomic mass is 10.0. The van der Waals surface area contributed by atoms with Gasteiger partial charge in [0.1, 0.15) is 11.6 Å². The van der Waals surface area contributed by atoms with E-state index in [1.165, 1.54) is 18.4 Å². The van der Waals surface area contributed by atoms with Gasteiger partial charge in [0.25, 0.3) is 8.32 Å². The molecule has 25 heavy (non-hydrogen) atoms. The van der Waals surface area contributed by atoms with Crippen LogP contribution in [0.1, 0.15) is 20.8 Å². The monoisotopic (exact) mass is 380 g/mol. The summed E-state index contributed by atoms with van der Waals surface area (Å²) in [6.07, 6.45) is 1.18. The molecule has 2 rings (SSSR count). The van der Waals surface area contributed by atoms with Crippen molar-refractivity contribution in [3.63, 3.8) is 0 Å². The normalized spacial score (nSPS) is 12.9. The minimum Gasteiger partial charge on any atom is -0.543 e. The van der Waals surface area contributed by atoms with E-state index in [-0.39, 0.29) is 15.8 Å². The zero-order valence-electron chi connectivity index (χ0n) is 15.6. The second-order valence-electron chi connectivity index (χ2n) is 7.80. The Morgan fingerprint density at radius 3 is 2.04 bits per heavy atom. The van der Waals surface area contributed by atoms with E-state index in [0.29, 0.717) is 5.75 Å². The van der Waals surface area contributed by atoms with Gasteiger partial charge < -0.3 is 4.43 Å². The zero-order valence-corrected chi connectivity index (χ0v) is 17.4. The third-order valence-electron chi connectivity index (χ3n) is 4.71. The molecule has 0 fully saturated rings. The maximum absolute atomic E-state index is 13.2. The number of hydrogen-bond donors (Lipinski definition) is 0. The van der Waals surface area contributed by atoms with Crippen molar-refractivity contribution in [2.45, 2.75) is 43.8 Å². The fraction of sp³-hybridized carbons (Fsp3) is 0.368. The summed E-state index contributed by atoms with van der Waals surface area (Å²) in [5.74, 6) is 0.212. The van der Waals surface area contributed by atoms with Crippen LogP contribution >= 0.6 is 0 Å². The van der Waals surface area contributed by atoms with Gasteiger partial charge in [0, 0.05) is 11.8 Å². The van der Waals surface area contributed by atoms with Crippen LogP contribution in [-0.4, -0.2) is 23.0 Å². The van der Waals surface area contributed by atoms with E-state index >= 15 is 0 Å². The van der Waals surface area contributed by atoms with Crippen LogP contribution in [0, 0.1) is 5.82 Å². The van der Waals surface area contributed by atoms with Gasteiger partial charge >= 0.3 is 0 Å². The molecule has 3 nitrogen and oxygen atoms in total. The van der Waals surface area contributed by atoms with Gasteiger partial charge in [-0.05, 0) is 54.0 Å². The van der Waals surface area contributed by atoms with Crippen LogP contribution in [0.3, 0.4) is 0 Å². The largest absolute Gasteiger partial charge is 0.543 e. The summed E-state index contributed by atoms with van der Waals surface area (Å²) in [5, 5.41) is -0.0336. The highest BCUT2D eigenvalue weighted by Gasteiger charge is 2.39. The Bertz CT molecular complexity index is 867. The van der Waals surface area contributed by atoms with Gasteiger partial charge in [0.2, 0.25) is 0 Å². The Balaban J connectivity index is 2.62. The molecule has 0 atom stereocenters. The zero-order chi connectivity index (χ0) is 19.0. The Kier molecular flexibility index (Phi) is 5.17. The summed E-state index contributed by atoms with van der Waals surface area (Å²) in [7, 11) is -5.52. The molecule has 6 heteroatoms. The van der Waals surface area contributed by atoms with Crippen molar-refractivity contribution in [3.05, 3.63) is 48.3 Å². The van der Waals surface area contributed by atoms with Crippen LogP contribution < -0.4 is 4.43 Å². The second-order valence-corrected chi connectivity index (χ2v) is 14.5. The quantitative estimate of drug-likeness (QED) is 0.678. The lowest BCUT2D eigenvalue weighted by Gasteiger charge is -2.37. The summed E-state index contributed by atoms with van der Waals surface area (Å²) in [4.78, 5) is 0.215. The predicted octanol–water partition coefficient (Wildman–Crippen LogP) is 5.28. The summed E-state index contributed by atoms with van der Waals surface area (Å²) in [6.45, 7) is 10.6. The smallest absolute Gasteiger partial charge is 0.250 e. The molecular formula is C19H25FO3SSi. The van der Waals surface area contributed by atoms with Gasteiger partial charge in [-0.1, -0.05) is 32.9 Å². The van der Waals surface area contributed by atoms with Crippen LogP contribution in [-0.2, 0) is 9.84 Å². The van der Waals surface area contributed by atoms with Crippen molar-refractivity contribution in [2.75, 3.05) is 6.26 Å². The molecule has 0 saturated carbocycles. The third-order valence-corrected chi connectivity index (χ3v) is 10.2. The highest BCUT2D eigenvalue weighted by Crippen LogP contribution is 2.41. The van der Waals surface area contributed by atoms with Gasteiger partial charge in [-0.3, -0.25) is 0 Å². The third kappa shape index (κ3) is 4.49. The van der Waals surface area contributed by atoms with E-state index in [9.17, 15) is 12.8 Å². The summed E-state index contributed by atoms with van der Waals surface area (Å²) < 4.78 is 43.5. The van der Waals surface area contributed by atoms with Crippen molar-refractivity contribution in [1.82, 2.24) is 0 Å². The average Bonchev–Trinajstić information content (AvgIpc) is 2.46. The van der Waals surface area contributed by atoms with E-state index in [0.717, 1.165) is 11.1 Å². The van der Waals surface area contributed by atoms with Gasteiger partial charge in [-0.2, -0.15) is 0 Å². The molecule has 0 saturated heterocycles. The maximum Gasteiger partial charge on any atom is 0.250 e. The van der Waals surface area contributed by atoms with Crippen molar-refractivity contribution in [3.8, 4) is 16.9 Å². The van der Waals surface area contributed by atoms with Crippen molar-refractivity contribution in [1.29, 1.82) is 0 Å². The van der Waals surface area contributed by atoms with Crippen molar-refractivity contribution < 1.29 is 17.2 Å². The maximum atomic E-state index is 13.2. The van der Waals surface area contributed by atoms with E-state index in [4.69, 9.17) is 4.43 Å². The van der Waals surface area contributed by atoms with Gasteiger partial charge in [0.15, 0.2) is 9.84 Å². The van der Waals surface area contributed by atoms with Crippen LogP contribution in [0.4, 0.5) is 4.39 Å². The SMILES string of the molecule is CC(C)(C)[Si](C)(C)Oc1cc(S(C)(=O)=O)ccc1-c1ccc(F)cc1. The Morgan fingerprint density at radius 1 is 1.00 bits per heavy atom. The Hall–Kier alpha value is -1.66. The number of halogens is 1. The minimum atomic E-state index is -3.35. The molecule has 0 heterocycles. The molecule has 0 bridgehead atoms. The molecule has 0 N–H and O–H groups in total. The first-order valence-electron chi connectivity index (χ1n) is 8.10. The molecule has 0 aliphatic heterocycles. The fourth-order valence-corrected chi connectivity index (χ4v) is 3.77. The lowest BCUT2D eigenvalue weighted by Crippen LogP contribution is -2.44. The first-order chi connectivity index (χ1) is 11.3. The Labute approximate surface area is 150 Å². The van der Waals surface area contributed by atoms with Gasteiger partial charge in [-0.15, -0.1) is 0 Å². The predicted molar refractivity (Wildman–Crippen MR) is 103 cm³/mol. The van der Waals surface area contributed by atoms with Crippen LogP contribution in [0.25, 0.3) is 11.1 Å². The van der Waals surface area contributed by atoms with E-state index in [1.54, 1.807) is 30.3 Å². The molecule has 136 valence electrons. The number of rotatable bonds is 4. The highest BCUT2D eigenvalue weighted by atomic mass is 32.2. The van der Waals surface area contributed by atoms with E-state index < -0.39 is 18.2 Å². The van der Waals surface area contributed by atoms with Crippen LogP contribution in [0.15, 0.2) is 47.4 Å². The molecule has 0 aliphatic rings. The summed E-state index contributed by atoms with van der Waals surface area (Å²) in [5.41, 5.74) is 1.55. The minimum absolute atomic E-state index is 0.0336. The molecular weight excluding hydrogens is 355 g/mol. The first kappa shape index (κ1) is 19.7. The fourth-order valence-electron chi connectivity index (χ4n) is 2.11. The second kappa shape index (κ2) is 6.57. The molecule has 0 aromatic heterocycles. The van der Waals surface area contributed by atoms with Crippen LogP contribution in [0.2, 0.25) is 18.1 Å². The molecule has 0 spiro atoms. The van der Waals surface area contributed by atoms with Crippen molar-refractivity contribution >= 4 is 18.2 Å². The van der Waals surface area contributed by atoms with Crippen molar-refractivity contribution in [2.24, 2.45) is 0 Å². The van der Waals surface area contributed by atoms with E-state index in [1.807, 2.05) is 0 Å².